The van der Waals surface area contributed by atoms with Crippen LogP contribution >= 0.6 is 0 Å². The first kappa shape index (κ1) is 14.2. The summed E-state index contributed by atoms with van der Waals surface area (Å²) in [4.78, 5) is 10.7. The number of carboxylic acids is 1. The number of carboxylic acid groups (broad SMARTS) is 1. The molecule has 4 heteroatoms. The summed E-state index contributed by atoms with van der Waals surface area (Å²) in [5, 5.41) is 8.81. The van der Waals surface area contributed by atoms with E-state index >= 15 is 0 Å². The van der Waals surface area contributed by atoms with Crippen LogP contribution < -0.4 is 4.74 Å². The van der Waals surface area contributed by atoms with E-state index in [-0.39, 0.29) is 11.7 Å². The topological polar surface area (TPSA) is 46.5 Å². The average Bonchev–Trinajstić information content (AvgIpc) is 2.27. The number of carbonyl (C=O) groups is 1. The minimum Gasteiger partial charge on any atom is -0.496 e. The fourth-order valence-corrected chi connectivity index (χ4v) is 1.69. The minimum atomic E-state index is -0.992. The van der Waals surface area contributed by atoms with Gasteiger partial charge in [0.15, 0.2) is 0 Å². The van der Waals surface area contributed by atoms with Crippen LogP contribution in [0.4, 0.5) is 4.39 Å². The fourth-order valence-electron chi connectivity index (χ4n) is 1.69. The summed E-state index contributed by atoms with van der Waals surface area (Å²) in [5.74, 6) is -0.708. The van der Waals surface area contributed by atoms with E-state index in [0.29, 0.717) is 17.7 Å². The van der Waals surface area contributed by atoms with Crippen molar-refractivity contribution >= 4 is 5.97 Å². The van der Waals surface area contributed by atoms with Gasteiger partial charge in [0.2, 0.25) is 0 Å². The van der Waals surface area contributed by atoms with E-state index in [1.54, 1.807) is 6.07 Å². The maximum absolute atomic E-state index is 13.2. The van der Waals surface area contributed by atoms with Crippen molar-refractivity contribution in [2.75, 3.05) is 7.11 Å². The predicted octanol–water partition coefficient (Wildman–Crippen LogP) is 3.04. The van der Waals surface area contributed by atoms with Crippen molar-refractivity contribution in [3.63, 3.8) is 0 Å². The highest BCUT2D eigenvalue weighted by molar-refractivity contribution is 5.80. The lowest BCUT2D eigenvalue weighted by Gasteiger charge is -2.13. The molecule has 0 unspecified atom stereocenters. The molecular weight excluding hydrogens is 235 g/mol. The van der Waals surface area contributed by atoms with Crippen molar-refractivity contribution in [2.45, 2.75) is 20.3 Å². The molecule has 0 amide bonds. The molecule has 0 heterocycles. The second-order valence-corrected chi connectivity index (χ2v) is 4.35. The van der Waals surface area contributed by atoms with E-state index in [0.717, 1.165) is 5.57 Å². The predicted molar refractivity (Wildman–Crippen MR) is 67.2 cm³/mol. The maximum atomic E-state index is 13.2. The fraction of sp³-hybridized carbons (Fsp3) is 0.357. The van der Waals surface area contributed by atoms with Crippen molar-refractivity contribution in [1.29, 1.82) is 0 Å². The molecule has 0 saturated carbocycles. The molecule has 0 aliphatic rings. The summed E-state index contributed by atoms with van der Waals surface area (Å²) in [6.07, 6.45) is 1.54. The average molecular weight is 252 g/mol. The quantitative estimate of drug-likeness (QED) is 0.819. The monoisotopic (exact) mass is 252 g/mol. The van der Waals surface area contributed by atoms with Gasteiger partial charge in [-0.25, -0.2) is 9.18 Å². The SMILES string of the molecule is COc1ccc(F)cc1C/C(=C/C(=O)O)C(C)C. The first-order valence-electron chi connectivity index (χ1n) is 5.69. The van der Waals surface area contributed by atoms with Gasteiger partial charge >= 0.3 is 5.97 Å². The zero-order valence-electron chi connectivity index (χ0n) is 10.7. The first-order chi connectivity index (χ1) is 8.43. The molecule has 1 aromatic carbocycles. The Morgan fingerprint density at radius 1 is 1.50 bits per heavy atom. The molecule has 0 aromatic heterocycles. The highest BCUT2D eigenvalue weighted by atomic mass is 19.1. The first-order valence-corrected chi connectivity index (χ1v) is 5.69. The Bertz CT molecular complexity index is 464. The molecule has 0 bridgehead atoms. The van der Waals surface area contributed by atoms with Gasteiger partial charge in [-0.2, -0.15) is 0 Å². The number of hydrogen-bond donors (Lipinski definition) is 1. The molecule has 0 aliphatic carbocycles. The van der Waals surface area contributed by atoms with Gasteiger partial charge in [0.25, 0.3) is 0 Å². The lowest BCUT2D eigenvalue weighted by Crippen LogP contribution is -2.04. The second kappa shape index (κ2) is 6.19. The van der Waals surface area contributed by atoms with Crippen LogP contribution in [0.1, 0.15) is 19.4 Å². The highest BCUT2D eigenvalue weighted by Gasteiger charge is 2.11. The van der Waals surface area contributed by atoms with E-state index in [4.69, 9.17) is 9.84 Å². The van der Waals surface area contributed by atoms with Gasteiger partial charge in [-0.1, -0.05) is 19.4 Å². The smallest absolute Gasteiger partial charge is 0.328 e. The Kier molecular flexibility index (Phi) is 4.89. The zero-order chi connectivity index (χ0) is 13.7. The number of aliphatic carboxylic acids is 1. The standard InChI is InChI=1S/C14H17FO3/c1-9(2)10(8-14(16)17)6-11-7-12(15)4-5-13(11)18-3/h4-5,7-9H,6H2,1-3H3,(H,16,17)/b10-8-. The van der Waals surface area contributed by atoms with Crippen molar-refractivity contribution in [2.24, 2.45) is 5.92 Å². The van der Waals surface area contributed by atoms with Crippen molar-refractivity contribution in [1.82, 2.24) is 0 Å². The molecule has 0 aliphatic heterocycles. The molecular formula is C14H17FO3. The molecule has 3 nitrogen and oxygen atoms in total. The van der Waals surface area contributed by atoms with Crippen LogP contribution in [-0.4, -0.2) is 18.2 Å². The summed E-state index contributed by atoms with van der Waals surface area (Å²) in [5.41, 5.74) is 1.38. The van der Waals surface area contributed by atoms with Gasteiger partial charge in [-0.05, 0) is 30.5 Å². The summed E-state index contributed by atoms with van der Waals surface area (Å²) in [7, 11) is 1.51. The second-order valence-electron chi connectivity index (χ2n) is 4.35. The van der Waals surface area contributed by atoms with Gasteiger partial charge in [-0.3, -0.25) is 0 Å². The van der Waals surface area contributed by atoms with Crippen LogP contribution in [0, 0.1) is 11.7 Å². The molecule has 1 N–H and O–H groups in total. The van der Waals surface area contributed by atoms with Crippen LogP contribution in [0.25, 0.3) is 0 Å². The largest absolute Gasteiger partial charge is 0.496 e. The summed E-state index contributed by atoms with van der Waals surface area (Å²) < 4.78 is 18.4. The van der Waals surface area contributed by atoms with E-state index in [9.17, 15) is 9.18 Å². The van der Waals surface area contributed by atoms with E-state index in [1.807, 2.05) is 13.8 Å². The maximum Gasteiger partial charge on any atom is 0.328 e. The van der Waals surface area contributed by atoms with E-state index in [2.05, 4.69) is 0 Å². The Morgan fingerprint density at radius 2 is 2.17 bits per heavy atom. The number of benzene rings is 1. The Labute approximate surface area is 106 Å². The third-order valence-corrected chi connectivity index (χ3v) is 2.69. The van der Waals surface area contributed by atoms with Gasteiger partial charge in [0.05, 0.1) is 7.11 Å². The lowest BCUT2D eigenvalue weighted by molar-refractivity contribution is -0.131. The number of allylic oxidation sites excluding steroid dienone is 1. The zero-order valence-corrected chi connectivity index (χ0v) is 10.7. The minimum absolute atomic E-state index is 0.0778. The number of halogens is 1. The molecule has 0 saturated heterocycles. The van der Waals surface area contributed by atoms with E-state index < -0.39 is 5.97 Å². The summed E-state index contributed by atoms with van der Waals surface area (Å²) in [6.45, 7) is 3.81. The van der Waals surface area contributed by atoms with Crippen LogP contribution in [0.2, 0.25) is 0 Å². The molecule has 0 radical (unpaired) electrons. The van der Waals surface area contributed by atoms with Crippen LogP contribution in [0.3, 0.4) is 0 Å². The third-order valence-electron chi connectivity index (χ3n) is 2.69. The number of rotatable bonds is 5. The van der Waals surface area contributed by atoms with Crippen LogP contribution in [0.5, 0.6) is 5.75 Å². The van der Waals surface area contributed by atoms with Gasteiger partial charge < -0.3 is 9.84 Å². The number of ether oxygens (including phenoxy) is 1. The highest BCUT2D eigenvalue weighted by Crippen LogP contribution is 2.25. The lowest BCUT2D eigenvalue weighted by atomic mass is 9.95. The number of hydrogen-bond acceptors (Lipinski definition) is 2. The van der Waals surface area contributed by atoms with Gasteiger partial charge in [0, 0.05) is 11.6 Å². The molecule has 98 valence electrons. The van der Waals surface area contributed by atoms with Crippen molar-refractivity contribution in [3.05, 3.63) is 41.2 Å². The van der Waals surface area contributed by atoms with Crippen LogP contribution in [-0.2, 0) is 11.2 Å². The van der Waals surface area contributed by atoms with Crippen LogP contribution in [0.15, 0.2) is 29.8 Å². The summed E-state index contributed by atoms with van der Waals surface area (Å²) in [6, 6.07) is 4.23. The molecule has 0 spiro atoms. The van der Waals surface area contributed by atoms with Crippen molar-refractivity contribution < 1.29 is 19.0 Å². The summed E-state index contributed by atoms with van der Waals surface area (Å²) >= 11 is 0. The molecule has 0 atom stereocenters. The van der Waals surface area contributed by atoms with E-state index in [1.165, 1.54) is 25.3 Å². The molecule has 0 fully saturated rings. The third kappa shape index (κ3) is 3.87. The Morgan fingerprint density at radius 3 is 2.67 bits per heavy atom. The number of methoxy groups -OCH3 is 1. The molecule has 1 aromatic rings. The molecule has 1 rings (SSSR count). The molecule has 18 heavy (non-hydrogen) atoms. The van der Waals surface area contributed by atoms with Gasteiger partial charge in [0.1, 0.15) is 11.6 Å². The van der Waals surface area contributed by atoms with Crippen molar-refractivity contribution in [3.8, 4) is 5.75 Å². The normalized spacial score (nSPS) is 11.7. The Hall–Kier alpha value is -1.84. The van der Waals surface area contributed by atoms with Gasteiger partial charge in [-0.15, -0.1) is 0 Å². The Balaban J connectivity index is 3.07.